The zero-order valence-electron chi connectivity index (χ0n) is 20.2. The maximum Gasteiger partial charge on any atom is 0.335 e. The van der Waals surface area contributed by atoms with Gasteiger partial charge in [0.05, 0.1) is 11.1 Å². The summed E-state index contributed by atoms with van der Waals surface area (Å²) in [6, 6.07) is 5.02. The molecule has 0 saturated carbocycles. The molecule has 0 saturated heterocycles. The third-order valence-electron chi connectivity index (χ3n) is 5.37. The van der Waals surface area contributed by atoms with E-state index in [0.29, 0.717) is 6.42 Å². The first kappa shape index (κ1) is 33.5. The number of benzene rings is 1. The molecule has 0 atom stereocenters. The summed E-state index contributed by atoms with van der Waals surface area (Å²) >= 11 is 0. The molecule has 1 aromatic rings. The van der Waals surface area contributed by atoms with E-state index in [1.54, 1.807) is 0 Å². The largest absolute Gasteiger partial charge is 0.481 e. The van der Waals surface area contributed by atoms with Gasteiger partial charge in [0.1, 0.15) is 0 Å². The summed E-state index contributed by atoms with van der Waals surface area (Å²) in [5.41, 5.74) is 0.167. The van der Waals surface area contributed by atoms with Gasteiger partial charge in [-0.3, -0.25) is 4.79 Å². The molecule has 0 unspecified atom stereocenters. The van der Waals surface area contributed by atoms with Gasteiger partial charge >= 0.3 is 17.9 Å². The van der Waals surface area contributed by atoms with Crippen molar-refractivity contribution in [2.24, 2.45) is 0 Å². The predicted molar refractivity (Wildman–Crippen MR) is 128 cm³/mol. The average Bonchev–Trinajstić information content (AvgIpc) is 2.76. The molecule has 0 aliphatic rings. The van der Waals surface area contributed by atoms with E-state index in [2.05, 4.69) is 6.92 Å². The van der Waals surface area contributed by atoms with Gasteiger partial charge in [0.25, 0.3) is 0 Å². The van der Waals surface area contributed by atoms with E-state index in [9.17, 15) is 14.4 Å². The van der Waals surface area contributed by atoms with Crippen molar-refractivity contribution in [1.82, 2.24) is 0 Å². The molecule has 0 heterocycles. The standard InChI is InChI=1S/C18H36O2.C8H6O4.Ti/c1-2-3-4-5-6-7-8-9-10-11-12-13-14-15-16-17-18(19)20;9-7(10)5-1-2-6(4-3-5)8(11)12;/h2-17H2,1H3,(H,19,20);1-4H,(H,9,10)(H,11,12);. The number of carboxylic acids is 3. The Kier molecular flexibility index (Phi) is 23.9. The Bertz CT molecular complexity index is 597. The Labute approximate surface area is 214 Å². The van der Waals surface area contributed by atoms with Gasteiger partial charge in [-0.1, -0.05) is 96.8 Å². The van der Waals surface area contributed by atoms with Crippen LogP contribution in [0.5, 0.6) is 0 Å². The molecule has 33 heavy (non-hydrogen) atoms. The maximum atomic E-state index is 10.3. The minimum atomic E-state index is -1.06. The van der Waals surface area contributed by atoms with E-state index < -0.39 is 17.9 Å². The fraction of sp³-hybridized carbons (Fsp3) is 0.654. The van der Waals surface area contributed by atoms with Crippen LogP contribution in [0.15, 0.2) is 24.3 Å². The van der Waals surface area contributed by atoms with Gasteiger partial charge in [-0.05, 0) is 30.7 Å². The SMILES string of the molecule is CCCCCCCCCCCCCCCCCC(=O)O.O=C(O)c1ccc(C(=O)O)cc1.[Ti]. The number of rotatable bonds is 18. The van der Waals surface area contributed by atoms with Crippen molar-refractivity contribution in [2.75, 3.05) is 0 Å². The van der Waals surface area contributed by atoms with Crippen LogP contribution in [-0.2, 0) is 26.5 Å². The van der Waals surface area contributed by atoms with E-state index in [4.69, 9.17) is 15.3 Å². The van der Waals surface area contributed by atoms with E-state index in [1.807, 2.05) is 0 Å². The van der Waals surface area contributed by atoms with Crippen LogP contribution in [0.25, 0.3) is 0 Å². The second-order valence-electron chi connectivity index (χ2n) is 8.28. The molecular weight excluding hydrogens is 456 g/mol. The third-order valence-corrected chi connectivity index (χ3v) is 5.37. The zero-order valence-corrected chi connectivity index (χ0v) is 21.8. The third kappa shape index (κ3) is 21.9. The monoisotopic (exact) mass is 498 g/mol. The maximum absolute atomic E-state index is 10.3. The molecule has 1 aromatic carbocycles. The molecule has 1 rings (SSSR count). The summed E-state index contributed by atoms with van der Waals surface area (Å²) in [5.74, 6) is -2.78. The van der Waals surface area contributed by atoms with Crippen LogP contribution in [0, 0.1) is 0 Å². The number of carboxylic acid groups (broad SMARTS) is 3. The van der Waals surface area contributed by atoms with E-state index in [1.165, 1.54) is 108 Å². The quantitative estimate of drug-likeness (QED) is 0.143. The van der Waals surface area contributed by atoms with Gasteiger partial charge in [0.15, 0.2) is 0 Å². The summed E-state index contributed by atoms with van der Waals surface area (Å²) in [4.78, 5) is 31.0. The molecule has 0 radical (unpaired) electrons. The van der Waals surface area contributed by atoms with Crippen LogP contribution in [0.1, 0.15) is 130 Å². The van der Waals surface area contributed by atoms with Gasteiger partial charge in [0, 0.05) is 28.1 Å². The van der Waals surface area contributed by atoms with Crippen molar-refractivity contribution in [3.8, 4) is 0 Å². The van der Waals surface area contributed by atoms with Crippen LogP contribution >= 0.6 is 0 Å². The molecule has 0 fully saturated rings. The Morgan fingerprint density at radius 3 is 1.06 bits per heavy atom. The first-order valence-electron chi connectivity index (χ1n) is 12.2. The van der Waals surface area contributed by atoms with Gasteiger partial charge in [-0.2, -0.15) is 0 Å². The van der Waals surface area contributed by atoms with E-state index in [-0.39, 0.29) is 32.8 Å². The first-order valence-corrected chi connectivity index (χ1v) is 12.2. The Morgan fingerprint density at radius 1 is 0.545 bits per heavy atom. The zero-order chi connectivity index (χ0) is 24.0. The number of aliphatic carboxylic acids is 1. The van der Waals surface area contributed by atoms with E-state index in [0.717, 1.165) is 12.8 Å². The number of unbranched alkanes of at least 4 members (excludes halogenated alkanes) is 14. The molecule has 3 N–H and O–H groups in total. The molecule has 0 amide bonds. The number of aromatic carboxylic acids is 2. The van der Waals surface area contributed by atoms with Gasteiger partial charge in [-0.25, -0.2) is 9.59 Å². The van der Waals surface area contributed by atoms with Crippen molar-refractivity contribution >= 4 is 17.9 Å². The van der Waals surface area contributed by atoms with Crippen LogP contribution < -0.4 is 0 Å². The van der Waals surface area contributed by atoms with Crippen LogP contribution in [0.2, 0.25) is 0 Å². The number of carbonyl (C=O) groups is 3. The Morgan fingerprint density at radius 2 is 0.818 bits per heavy atom. The van der Waals surface area contributed by atoms with Crippen molar-refractivity contribution < 1.29 is 51.4 Å². The van der Waals surface area contributed by atoms with Crippen LogP contribution in [-0.4, -0.2) is 33.2 Å². The minimum absolute atomic E-state index is 0. The fourth-order valence-electron chi connectivity index (χ4n) is 3.40. The summed E-state index contributed by atoms with van der Waals surface area (Å²) in [7, 11) is 0. The molecule has 6 nitrogen and oxygen atoms in total. The molecule has 7 heteroatoms. The molecule has 0 bridgehead atoms. The topological polar surface area (TPSA) is 112 Å². The molecule has 0 aliphatic carbocycles. The predicted octanol–water partition coefficient (Wildman–Crippen LogP) is 7.41. The summed E-state index contributed by atoms with van der Waals surface area (Å²) in [6.07, 6.45) is 20.2. The summed E-state index contributed by atoms with van der Waals surface area (Å²) in [5, 5.41) is 25.5. The smallest absolute Gasteiger partial charge is 0.335 e. The molecule has 0 spiro atoms. The summed E-state index contributed by atoms with van der Waals surface area (Å²) < 4.78 is 0. The molecular formula is C26H42O6Ti. The van der Waals surface area contributed by atoms with Crippen LogP contribution in [0.4, 0.5) is 0 Å². The van der Waals surface area contributed by atoms with Gasteiger partial charge < -0.3 is 15.3 Å². The van der Waals surface area contributed by atoms with Crippen molar-refractivity contribution in [2.45, 2.75) is 110 Å². The average molecular weight is 498 g/mol. The molecule has 0 aliphatic heterocycles. The second kappa shape index (κ2) is 23.5. The number of hydrogen-bond acceptors (Lipinski definition) is 3. The Balaban J connectivity index is 0. The van der Waals surface area contributed by atoms with E-state index >= 15 is 0 Å². The summed E-state index contributed by atoms with van der Waals surface area (Å²) in [6.45, 7) is 2.27. The second-order valence-corrected chi connectivity index (χ2v) is 8.28. The first-order chi connectivity index (χ1) is 15.4. The molecule has 0 aromatic heterocycles. The van der Waals surface area contributed by atoms with Gasteiger partial charge in [0.2, 0.25) is 0 Å². The van der Waals surface area contributed by atoms with Gasteiger partial charge in [-0.15, -0.1) is 0 Å². The number of hydrogen-bond donors (Lipinski definition) is 3. The minimum Gasteiger partial charge on any atom is -0.481 e. The van der Waals surface area contributed by atoms with Crippen LogP contribution in [0.3, 0.4) is 0 Å². The normalized spacial score (nSPS) is 9.97. The Hall–Kier alpha value is -1.66. The van der Waals surface area contributed by atoms with Crippen molar-refractivity contribution in [1.29, 1.82) is 0 Å². The van der Waals surface area contributed by atoms with Crippen molar-refractivity contribution in [3.63, 3.8) is 0 Å². The van der Waals surface area contributed by atoms with Crippen molar-refractivity contribution in [3.05, 3.63) is 35.4 Å². The molecule has 186 valence electrons. The fourth-order valence-corrected chi connectivity index (χ4v) is 3.40.